The van der Waals surface area contributed by atoms with Gasteiger partial charge in [0, 0.05) is 19.6 Å². The topological polar surface area (TPSA) is 93.2 Å². The van der Waals surface area contributed by atoms with Crippen LogP contribution >= 0.6 is 23.1 Å². The van der Waals surface area contributed by atoms with E-state index < -0.39 is 0 Å². The Kier molecular flexibility index (Phi) is 7.77. The van der Waals surface area contributed by atoms with Crippen molar-refractivity contribution in [1.82, 2.24) is 15.5 Å². The normalized spacial score (nSPS) is 17.2. The van der Waals surface area contributed by atoms with Crippen LogP contribution < -0.4 is 10.6 Å². The fourth-order valence-corrected chi connectivity index (χ4v) is 3.65. The maximum absolute atomic E-state index is 11.8. The molecular weight excluding hydrogens is 336 g/mol. The minimum absolute atomic E-state index is 0.0470. The van der Waals surface area contributed by atoms with Gasteiger partial charge in [-0.25, -0.2) is 0 Å². The molecule has 23 heavy (non-hydrogen) atoms. The van der Waals surface area contributed by atoms with Gasteiger partial charge in [-0.2, -0.15) is 0 Å². The summed E-state index contributed by atoms with van der Waals surface area (Å²) in [5.74, 6) is 0.189. The third kappa shape index (κ3) is 6.84. The number of carbonyl (C=O) groups is 2. The molecule has 2 N–H and O–H groups in total. The van der Waals surface area contributed by atoms with Gasteiger partial charge in [-0.05, 0) is 19.3 Å². The first kappa shape index (κ1) is 18.2. The Hall–Kier alpha value is -1.19. The standard InChI is InChI=1S/C14H22N4O3S2/c1-2-3-6-11(19)16-13-17-18-14(23-13)22-9-12(20)15-8-10-5-4-7-21-10/h10H,2-9H2,1H3,(H,15,20)(H,16,17,19). The van der Waals surface area contributed by atoms with Crippen LogP contribution in [0.15, 0.2) is 4.34 Å². The quantitative estimate of drug-likeness (QED) is 0.518. The number of hydrogen-bond donors (Lipinski definition) is 2. The summed E-state index contributed by atoms with van der Waals surface area (Å²) in [5.41, 5.74) is 0. The van der Waals surface area contributed by atoms with Crippen molar-refractivity contribution in [3.8, 4) is 0 Å². The van der Waals surface area contributed by atoms with Crippen LogP contribution in [0.25, 0.3) is 0 Å². The van der Waals surface area contributed by atoms with E-state index in [1.165, 1.54) is 23.1 Å². The number of ether oxygens (including phenoxy) is 1. The molecule has 0 radical (unpaired) electrons. The van der Waals surface area contributed by atoms with Crippen LogP contribution in [0.2, 0.25) is 0 Å². The number of anilines is 1. The van der Waals surface area contributed by atoms with Crippen molar-refractivity contribution in [2.24, 2.45) is 0 Å². The molecule has 1 aromatic heterocycles. The highest BCUT2D eigenvalue weighted by atomic mass is 32.2. The lowest BCUT2D eigenvalue weighted by molar-refractivity contribution is -0.119. The molecule has 7 nitrogen and oxygen atoms in total. The Labute approximate surface area is 144 Å². The molecule has 0 spiro atoms. The second-order valence-corrected chi connectivity index (χ2v) is 7.45. The van der Waals surface area contributed by atoms with Crippen molar-refractivity contribution in [3.05, 3.63) is 0 Å². The van der Waals surface area contributed by atoms with Crippen molar-refractivity contribution in [2.75, 3.05) is 24.2 Å². The highest BCUT2D eigenvalue weighted by molar-refractivity contribution is 8.01. The van der Waals surface area contributed by atoms with Crippen LogP contribution in [0.3, 0.4) is 0 Å². The van der Waals surface area contributed by atoms with Gasteiger partial charge in [-0.1, -0.05) is 36.4 Å². The molecule has 1 aromatic rings. The van der Waals surface area contributed by atoms with Gasteiger partial charge in [0.25, 0.3) is 0 Å². The zero-order valence-corrected chi connectivity index (χ0v) is 14.8. The Balaban J connectivity index is 1.65. The second kappa shape index (κ2) is 9.84. The molecule has 0 aliphatic carbocycles. The first-order valence-electron chi connectivity index (χ1n) is 7.82. The lowest BCUT2D eigenvalue weighted by Crippen LogP contribution is -2.32. The molecule has 128 valence electrons. The van der Waals surface area contributed by atoms with Gasteiger partial charge in [-0.15, -0.1) is 10.2 Å². The molecule has 0 aromatic carbocycles. The summed E-state index contributed by atoms with van der Waals surface area (Å²) in [5, 5.41) is 13.9. The van der Waals surface area contributed by atoms with E-state index >= 15 is 0 Å². The van der Waals surface area contributed by atoms with Crippen LogP contribution in [0.5, 0.6) is 0 Å². The fraction of sp³-hybridized carbons (Fsp3) is 0.714. The van der Waals surface area contributed by atoms with Crippen molar-refractivity contribution >= 4 is 40.0 Å². The number of amides is 2. The zero-order valence-electron chi connectivity index (χ0n) is 13.2. The molecule has 9 heteroatoms. The number of nitrogens with one attached hydrogen (secondary N) is 2. The monoisotopic (exact) mass is 358 g/mol. The average molecular weight is 358 g/mol. The van der Waals surface area contributed by atoms with Gasteiger partial charge in [0.05, 0.1) is 11.9 Å². The van der Waals surface area contributed by atoms with Crippen LogP contribution in [0, 0.1) is 0 Å². The summed E-state index contributed by atoms with van der Waals surface area (Å²) in [6.45, 7) is 3.39. The second-order valence-electron chi connectivity index (χ2n) is 5.25. The minimum atomic E-state index is -0.0474. The third-order valence-corrected chi connectivity index (χ3v) is 5.26. The smallest absolute Gasteiger partial charge is 0.230 e. The average Bonchev–Trinajstić information content (AvgIpc) is 3.20. The van der Waals surface area contributed by atoms with Gasteiger partial charge in [-0.3, -0.25) is 9.59 Å². The third-order valence-electron chi connectivity index (χ3n) is 3.29. The number of thioether (sulfide) groups is 1. The van der Waals surface area contributed by atoms with Gasteiger partial charge in [0.2, 0.25) is 16.9 Å². The minimum Gasteiger partial charge on any atom is -0.376 e. The molecule has 1 aliphatic rings. The molecule has 0 saturated carbocycles. The van der Waals surface area contributed by atoms with E-state index in [-0.39, 0.29) is 23.7 Å². The Morgan fingerprint density at radius 2 is 2.26 bits per heavy atom. The Morgan fingerprint density at radius 3 is 3.00 bits per heavy atom. The van der Waals surface area contributed by atoms with E-state index in [1.54, 1.807) is 0 Å². The predicted molar refractivity (Wildman–Crippen MR) is 90.8 cm³/mol. The fourth-order valence-electron chi connectivity index (χ4n) is 2.05. The number of rotatable bonds is 9. The van der Waals surface area contributed by atoms with Crippen molar-refractivity contribution in [1.29, 1.82) is 0 Å². The number of unbranched alkanes of at least 4 members (excludes halogenated alkanes) is 1. The van der Waals surface area contributed by atoms with Crippen LogP contribution in [-0.2, 0) is 14.3 Å². The number of hydrogen-bond acceptors (Lipinski definition) is 7. The van der Waals surface area contributed by atoms with E-state index in [9.17, 15) is 9.59 Å². The maximum atomic E-state index is 11.8. The maximum Gasteiger partial charge on any atom is 0.230 e. The van der Waals surface area contributed by atoms with Crippen LogP contribution in [-0.4, -0.2) is 47.0 Å². The zero-order chi connectivity index (χ0) is 16.5. The molecule has 2 amide bonds. The van der Waals surface area contributed by atoms with Gasteiger partial charge in [0.1, 0.15) is 0 Å². The summed E-state index contributed by atoms with van der Waals surface area (Å²) in [4.78, 5) is 23.4. The number of carbonyl (C=O) groups excluding carboxylic acids is 2. The first-order chi connectivity index (χ1) is 11.2. The van der Waals surface area contributed by atoms with E-state index in [0.29, 0.717) is 22.4 Å². The summed E-state index contributed by atoms with van der Waals surface area (Å²) in [6.07, 6.45) is 4.54. The summed E-state index contributed by atoms with van der Waals surface area (Å²) >= 11 is 2.60. The van der Waals surface area contributed by atoms with Gasteiger partial charge < -0.3 is 15.4 Å². The summed E-state index contributed by atoms with van der Waals surface area (Å²) in [6, 6.07) is 0. The lowest BCUT2D eigenvalue weighted by atomic mass is 10.2. The molecule has 1 aliphatic heterocycles. The number of nitrogens with zero attached hydrogens (tertiary/aromatic N) is 2. The Morgan fingerprint density at radius 1 is 1.39 bits per heavy atom. The lowest BCUT2D eigenvalue weighted by Gasteiger charge is -2.09. The molecular formula is C14H22N4O3S2. The highest BCUT2D eigenvalue weighted by Gasteiger charge is 2.16. The molecule has 1 atom stereocenters. The molecule has 0 bridgehead atoms. The van der Waals surface area contributed by atoms with Crippen LogP contribution in [0.4, 0.5) is 5.13 Å². The summed E-state index contributed by atoms with van der Waals surface area (Å²) in [7, 11) is 0. The number of aromatic nitrogens is 2. The van der Waals surface area contributed by atoms with E-state index in [2.05, 4.69) is 20.8 Å². The van der Waals surface area contributed by atoms with Crippen LogP contribution in [0.1, 0.15) is 39.0 Å². The predicted octanol–water partition coefficient (Wildman–Crippen LogP) is 2.05. The Bertz CT molecular complexity index is 518. The first-order valence-corrected chi connectivity index (χ1v) is 9.62. The molecule has 2 heterocycles. The van der Waals surface area contributed by atoms with Crippen molar-refractivity contribution in [2.45, 2.75) is 49.5 Å². The van der Waals surface area contributed by atoms with Gasteiger partial charge >= 0.3 is 0 Å². The summed E-state index contributed by atoms with van der Waals surface area (Å²) < 4.78 is 6.12. The molecule has 1 saturated heterocycles. The molecule has 1 fully saturated rings. The largest absolute Gasteiger partial charge is 0.376 e. The SMILES string of the molecule is CCCCC(=O)Nc1nnc(SCC(=O)NCC2CCCO2)s1. The van der Waals surface area contributed by atoms with Crippen molar-refractivity contribution in [3.63, 3.8) is 0 Å². The highest BCUT2D eigenvalue weighted by Crippen LogP contribution is 2.25. The molecule has 2 rings (SSSR count). The van der Waals surface area contributed by atoms with Gasteiger partial charge in [0.15, 0.2) is 4.34 Å². The molecule has 1 unspecified atom stereocenters. The van der Waals surface area contributed by atoms with E-state index in [4.69, 9.17) is 4.74 Å². The van der Waals surface area contributed by atoms with E-state index in [0.717, 1.165) is 32.3 Å². The van der Waals surface area contributed by atoms with Crippen molar-refractivity contribution < 1.29 is 14.3 Å². The van der Waals surface area contributed by atoms with E-state index in [1.807, 2.05) is 6.92 Å².